The van der Waals surface area contributed by atoms with Crippen molar-refractivity contribution in [3.8, 4) is 6.07 Å². The Bertz CT molecular complexity index is 456. The van der Waals surface area contributed by atoms with E-state index < -0.39 is 0 Å². The summed E-state index contributed by atoms with van der Waals surface area (Å²) in [5, 5.41) is 12.5. The summed E-state index contributed by atoms with van der Waals surface area (Å²) in [7, 11) is 0. The maximum atomic E-state index is 13.2. The Morgan fingerprint density at radius 2 is 2.17 bits per heavy atom. The maximum absolute atomic E-state index is 13.2. The van der Waals surface area contributed by atoms with Gasteiger partial charge in [-0.3, -0.25) is 0 Å². The second kappa shape index (κ2) is 6.31. The van der Waals surface area contributed by atoms with Gasteiger partial charge in [0.05, 0.1) is 12.0 Å². The highest BCUT2D eigenvalue weighted by molar-refractivity contribution is 9.10. The lowest BCUT2D eigenvalue weighted by atomic mass is 9.85. The molecule has 0 amide bonds. The molecule has 0 heterocycles. The SMILES string of the molecule is N#CC1CCCCC1NCc1cc(F)ccc1Br. The Kier molecular flexibility index (Phi) is 4.73. The van der Waals surface area contributed by atoms with Crippen molar-refractivity contribution < 1.29 is 4.39 Å². The monoisotopic (exact) mass is 310 g/mol. The predicted molar refractivity (Wildman–Crippen MR) is 72.3 cm³/mol. The zero-order valence-electron chi connectivity index (χ0n) is 10.1. The van der Waals surface area contributed by atoms with Gasteiger partial charge >= 0.3 is 0 Å². The molecule has 0 aromatic heterocycles. The number of benzene rings is 1. The summed E-state index contributed by atoms with van der Waals surface area (Å²) < 4.78 is 14.1. The lowest BCUT2D eigenvalue weighted by Gasteiger charge is -2.27. The third-order valence-electron chi connectivity index (χ3n) is 3.49. The summed E-state index contributed by atoms with van der Waals surface area (Å²) in [4.78, 5) is 0. The zero-order chi connectivity index (χ0) is 13.0. The molecule has 2 nitrogen and oxygen atoms in total. The largest absolute Gasteiger partial charge is 0.309 e. The first-order chi connectivity index (χ1) is 8.70. The maximum Gasteiger partial charge on any atom is 0.123 e. The molecule has 0 aliphatic heterocycles. The van der Waals surface area contributed by atoms with Crippen molar-refractivity contribution in [2.75, 3.05) is 0 Å². The van der Waals surface area contributed by atoms with Crippen LogP contribution >= 0.6 is 15.9 Å². The third-order valence-corrected chi connectivity index (χ3v) is 4.27. The quantitative estimate of drug-likeness (QED) is 0.922. The van der Waals surface area contributed by atoms with Crippen LogP contribution in [0.25, 0.3) is 0 Å². The number of hydrogen-bond acceptors (Lipinski definition) is 2. The Balaban J connectivity index is 1.98. The van der Waals surface area contributed by atoms with Gasteiger partial charge < -0.3 is 5.32 Å². The van der Waals surface area contributed by atoms with E-state index >= 15 is 0 Å². The van der Waals surface area contributed by atoms with Gasteiger partial charge in [0.25, 0.3) is 0 Å². The normalized spacial score (nSPS) is 23.6. The second-order valence-electron chi connectivity index (χ2n) is 4.74. The molecule has 2 unspecified atom stereocenters. The molecule has 1 aliphatic rings. The van der Waals surface area contributed by atoms with E-state index in [4.69, 9.17) is 5.26 Å². The molecule has 0 spiro atoms. The van der Waals surface area contributed by atoms with E-state index in [2.05, 4.69) is 27.3 Å². The van der Waals surface area contributed by atoms with Crippen LogP contribution in [0.1, 0.15) is 31.2 Å². The van der Waals surface area contributed by atoms with Gasteiger partial charge in [-0.05, 0) is 36.6 Å². The van der Waals surface area contributed by atoms with Crippen molar-refractivity contribution in [1.29, 1.82) is 5.26 Å². The van der Waals surface area contributed by atoms with Gasteiger partial charge in [0, 0.05) is 17.1 Å². The minimum absolute atomic E-state index is 0.0890. The summed E-state index contributed by atoms with van der Waals surface area (Å²) in [6.45, 7) is 0.598. The molecule has 4 heteroatoms. The first-order valence-corrected chi connectivity index (χ1v) is 7.07. The van der Waals surface area contributed by atoms with Crippen LogP contribution in [-0.2, 0) is 6.54 Å². The number of nitrogens with zero attached hydrogens (tertiary/aromatic N) is 1. The van der Waals surface area contributed by atoms with E-state index in [0.29, 0.717) is 6.54 Å². The van der Waals surface area contributed by atoms with Crippen LogP contribution in [0, 0.1) is 23.1 Å². The van der Waals surface area contributed by atoms with Crippen molar-refractivity contribution in [2.24, 2.45) is 5.92 Å². The van der Waals surface area contributed by atoms with Crippen LogP contribution in [0.3, 0.4) is 0 Å². The van der Waals surface area contributed by atoms with E-state index in [1.165, 1.54) is 18.6 Å². The molecule has 18 heavy (non-hydrogen) atoms. The Hall–Kier alpha value is -0.920. The minimum atomic E-state index is -0.226. The summed E-state index contributed by atoms with van der Waals surface area (Å²) >= 11 is 3.42. The van der Waals surface area contributed by atoms with Crippen LogP contribution in [0.15, 0.2) is 22.7 Å². The highest BCUT2D eigenvalue weighted by atomic mass is 79.9. The van der Waals surface area contributed by atoms with Gasteiger partial charge in [-0.1, -0.05) is 28.8 Å². The molecule has 1 fully saturated rings. The van der Waals surface area contributed by atoms with Gasteiger partial charge in [0.2, 0.25) is 0 Å². The number of rotatable bonds is 3. The standard InChI is InChI=1S/C14H16BrFN2/c15-13-6-5-12(16)7-11(13)9-18-14-4-2-1-3-10(14)8-17/h5-7,10,14,18H,1-4,9H2. The molecule has 1 aliphatic carbocycles. The van der Waals surface area contributed by atoms with Crippen LogP contribution in [0.2, 0.25) is 0 Å². The fourth-order valence-electron chi connectivity index (χ4n) is 2.45. The van der Waals surface area contributed by atoms with Crippen molar-refractivity contribution in [3.63, 3.8) is 0 Å². The van der Waals surface area contributed by atoms with Crippen LogP contribution in [-0.4, -0.2) is 6.04 Å². The first kappa shape index (κ1) is 13.5. The van der Waals surface area contributed by atoms with E-state index in [0.717, 1.165) is 29.3 Å². The fourth-order valence-corrected chi connectivity index (χ4v) is 2.84. The minimum Gasteiger partial charge on any atom is -0.309 e. The molecular weight excluding hydrogens is 295 g/mol. The van der Waals surface area contributed by atoms with E-state index in [9.17, 15) is 4.39 Å². The molecule has 1 saturated carbocycles. The molecule has 0 bridgehead atoms. The van der Waals surface area contributed by atoms with Crippen LogP contribution in [0.4, 0.5) is 4.39 Å². The molecule has 0 radical (unpaired) electrons. The summed E-state index contributed by atoms with van der Waals surface area (Å²) in [6.07, 6.45) is 4.31. The molecule has 96 valence electrons. The number of hydrogen-bond donors (Lipinski definition) is 1. The average molecular weight is 311 g/mol. The molecule has 1 aromatic carbocycles. The van der Waals surface area contributed by atoms with E-state index in [-0.39, 0.29) is 17.8 Å². The zero-order valence-corrected chi connectivity index (χ0v) is 11.7. The lowest BCUT2D eigenvalue weighted by Crippen LogP contribution is -2.37. The second-order valence-corrected chi connectivity index (χ2v) is 5.60. The van der Waals surface area contributed by atoms with Crippen molar-refractivity contribution in [2.45, 2.75) is 38.3 Å². The lowest BCUT2D eigenvalue weighted by molar-refractivity contribution is 0.311. The summed E-state index contributed by atoms with van der Waals surface area (Å²) in [5.74, 6) is -0.137. The van der Waals surface area contributed by atoms with E-state index in [1.807, 2.05) is 0 Å². The topological polar surface area (TPSA) is 35.8 Å². The molecule has 0 saturated heterocycles. The summed E-state index contributed by atoms with van der Waals surface area (Å²) in [5.41, 5.74) is 0.900. The average Bonchev–Trinajstić information content (AvgIpc) is 2.40. The predicted octanol–water partition coefficient (Wildman–Crippen LogP) is 3.76. The number of halogens is 2. The molecule has 1 aromatic rings. The smallest absolute Gasteiger partial charge is 0.123 e. The molecule has 1 N–H and O–H groups in total. The van der Waals surface area contributed by atoms with Gasteiger partial charge in [-0.15, -0.1) is 0 Å². The van der Waals surface area contributed by atoms with Crippen molar-refractivity contribution in [1.82, 2.24) is 5.32 Å². The fraction of sp³-hybridized carbons (Fsp3) is 0.500. The van der Waals surface area contributed by atoms with Gasteiger partial charge in [-0.25, -0.2) is 4.39 Å². The van der Waals surface area contributed by atoms with Gasteiger partial charge in [0.15, 0.2) is 0 Å². The molecule has 2 rings (SSSR count). The Labute approximate surface area is 115 Å². The van der Waals surface area contributed by atoms with Crippen LogP contribution in [0.5, 0.6) is 0 Å². The Morgan fingerprint density at radius 3 is 2.94 bits per heavy atom. The first-order valence-electron chi connectivity index (χ1n) is 6.27. The van der Waals surface area contributed by atoms with Gasteiger partial charge in [0.1, 0.15) is 5.82 Å². The molecule has 2 atom stereocenters. The van der Waals surface area contributed by atoms with Gasteiger partial charge in [-0.2, -0.15) is 5.26 Å². The molecular formula is C14H16BrFN2. The number of nitriles is 1. The van der Waals surface area contributed by atoms with E-state index in [1.54, 1.807) is 6.07 Å². The van der Waals surface area contributed by atoms with Crippen molar-refractivity contribution >= 4 is 15.9 Å². The van der Waals surface area contributed by atoms with Crippen LogP contribution < -0.4 is 5.32 Å². The Morgan fingerprint density at radius 1 is 1.39 bits per heavy atom. The highest BCUT2D eigenvalue weighted by Gasteiger charge is 2.24. The summed E-state index contributed by atoms with van der Waals surface area (Å²) in [6, 6.07) is 7.29. The van der Waals surface area contributed by atoms with Crippen molar-refractivity contribution in [3.05, 3.63) is 34.1 Å². The highest BCUT2D eigenvalue weighted by Crippen LogP contribution is 2.25. The third kappa shape index (κ3) is 3.30. The number of nitrogens with one attached hydrogen (secondary N) is 1.